The van der Waals surface area contributed by atoms with Crippen LogP contribution >= 0.6 is 0 Å². The predicted molar refractivity (Wildman–Crippen MR) is 98.5 cm³/mol. The van der Waals surface area contributed by atoms with E-state index < -0.39 is 0 Å². The van der Waals surface area contributed by atoms with Crippen molar-refractivity contribution in [1.29, 1.82) is 0 Å². The van der Waals surface area contributed by atoms with Gasteiger partial charge in [-0.1, -0.05) is 12.1 Å². The number of hydrogen-bond donors (Lipinski definition) is 1. The van der Waals surface area contributed by atoms with E-state index >= 15 is 0 Å². The molecule has 2 saturated heterocycles. The minimum Gasteiger partial charge on any atom is -0.356 e. The molecule has 1 aromatic carbocycles. The fourth-order valence-electron chi connectivity index (χ4n) is 4.23. The van der Waals surface area contributed by atoms with Crippen LogP contribution in [0.4, 0.5) is 0 Å². The molecule has 0 unspecified atom stereocenters. The zero-order valence-electron chi connectivity index (χ0n) is 15.3. The highest BCUT2D eigenvalue weighted by Crippen LogP contribution is 2.30. The summed E-state index contributed by atoms with van der Waals surface area (Å²) in [6.07, 6.45) is 5.45. The molecule has 0 bridgehead atoms. The van der Waals surface area contributed by atoms with Crippen LogP contribution in [0, 0.1) is 0 Å². The van der Waals surface area contributed by atoms with Crippen molar-refractivity contribution in [1.82, 2.24) is 15.1 Å². The monoisotopic (exact) mass is 343 g/mol. The number of likely N-dealkylation sites (tertiary alicyclic amines) is 2. The number of carbonyl (C=O) groups is 2. The van der Waals surface area contributed by atoms with E-state index in [1.54, 1.807) is 0 Å². The number of nitrogens with one attached hydrogen (secondary N) is 1. The summed E-state index contributed by atoms with van der Waals surface area (Å²) in [7, 11) is 2.18. The Morgan fingerprint density at radius 3 is 2.40 bits per heavy atom. The smallest absolute Gasteiger partial charge is 0.254 e. The predicted octanol–water partition coefficient (Wildman–Crippen LogP) is 2.06. The molecule has 2 aliphatic heterocycles. The topological polar surface area (TPSA) is 52.7 Å². The highest BCUT2D eigenvalue weighted by atomic mass is 16.2. The molecular formula is C20H29N3O2. The number of rotatable bonds is 5. The Kier molecular flexibility index (Phi) is 5.74. The molecule has 5 nitrogen and oxygen atoms in total. The molecule has 1 aromatic rings. The van der Waals surface area contributed by atoms with Gasteiger partial charge in [0.05, 0.1) is 0 Å². The van der Waals surface area contributed by atoms with Gasteiger partial charge in [0, 0.05) is 37.7 Å². The summed E-state index contributed by atoms with van der Waals surface area (Å²) in [5.41, 5.74) is 1.91. The summed E-state index contributed by atoms with van der Waals surface area (Å²) in [6, 6.07) is 8.74. The molecule has 2 atom stereocenters. The molecule has 5 heteroatoms. The second kappa shape index (κ2) is 8.00. The van der Waals surface area contributed by atoms with E-state index in [9.17, 15) is 9.59 Å². The van der Waals surface area contributed by atoms with Gasteiger partial charge in [0.15, 0.2) is 0 Å². The third-order valence-electron chi connectivity index (χ3n) is 5.57. The van der Waals surface area contributed by atoms with Gasteiger partial charge in [0.1, 0.15) is 0 Å². The Bertz CT molecular complexity index is 614. The lowest BCUT2D eigenvalue weighted by Crippen LogP contribution is -2.47. The van der Waals surface area contributed by atoms with E-state index in [4.69, 9.17) is 0 Å². The highest BCUT2D eigenvalue weighted by Gasteiger charge is 2.38. The van der Waals surface area contributed by atoms with Crippen LogP contribution in [0.15, 0.2) is 24.3 Å². The average Bonchev–Trinajstić information content (AvgIpc) is 3.23. The Morgan fingerprint density at radius 1 is 1.08 bits per heavy atom. The number of carbonyl (C=O) groups excluding carboxylic acids is 2. The highest BCUT2D eigenvalue weighted by molar-refractivity contribution is 5.94. The molecule has 0 aromatic heterocycles. The maximum atomic E-state index is 13.0. The molecule has 2 aliphatic rings. The van der Waals surface area contributed by atoms with Gasteiger partial charge in [-0.3, -0.25) is 9.59 Å². The van der Waals surface area contributed by atoms with Crippen LogP contribution in [0.25, 0.3) is 0 Å². The third kappa shape index (κ3) is 4.21. The maximum absolute atomic E-state index is 13.0. The molecule has 0 aliphatic carbocycles. The summed E-state index contributed by atoms with van der Waals surface area (Å²) in [6.45, 7) is 4.17. The van der Waals surface area contributed by atoms with E-state index in [1.807, 2.05) is 24.3 Å². The fourth-order valence-corrected chi connectivity index (χ4v) is 4.23. The van der Waals surface area contributed by atoms with Crippen molar-refractivity contribution in [2.45, 2.75) is 51.1 Å². The summed E-state index contributed by atoms with van der Waals surface area (Å²) in [4.78, 5) is 28.4. The van der Waals surface area contributed by atoms with Crippen molar-refractivity contribution in [3.8, 4) is 0 Å². The standard InChI is InChI=1S/C20H29N3O2/c1-15(24)21-12-11-16-7-9-17(10-8-16)20(25)23-14-4-6-19(23)18-5-3-13-22(18)2/h7-10,18-19H,3-6,11-14H2,1-2H3,(H,21,24)/t18-,19+/m1/s1. The van der Waals surface area contributed by atoms with E-state index in [1.165, 1.54) is 19.8 Å². The van der Waals surface area contributed by atoms with Gasteiger partial charge in [-0.25, -0.2) is 0 Å². The van der Waals surface area contributed by atoms with Crippen molar-refractivity contribution >= 4 is 11.8 Å². The first-order chi connectivity index (χ1) is 12.1. The van der Waals surface area contributed by atoms with Crippen LogP contribution in [0.3, 0.4) is 0 Å². The van der Waals surface area contributed by atoms with Crippen molar-refractivity contribution in [2.75, 3.05) is 26.7 Å². The second-order valence-electron chi connectivity index (χ2n) is 7.33. The lowest BCUT2D eigenvalue weighted by Gasteiger charge is -2.33. The SMILES string of the molecule is CC(=O)NCCc1ccc(C(=O)N2CCC[C@H]2[C@H]2CCCN2C)cc1. The molecule has 25 heavy (non-hydrogen) atoms. The van der Waals surface area contributed by atoms with Crippen LogP contribution in [0.2, 0.25) is 0 Å². The van der Waals surface area contributed by atoms with Crippen molar-refractivity contribution < 1.29 is 9.59 Å². The summed E-state index contributed by atoms with van der Waals surface area (Å²) < 4.78 is 0. The van der Waals surface area contributed by atoms with Gasteiger partial charge < -0.3 is 15.1 Å². The van der Waals surface area contributed by atoms with Gasteiger partial charge in [-0.2, -0.15) is 0 Å². The molecule has 3 rings (SSSR count). The zero-order valence-corrected chi connectivity index (χ0v) is 15.3. The average molecular weight is 343 g/mol. The third-order valence-corrected chi connectivity index (χ3v) is 5.57. The van der Waals surface area contributed by atoms with Gasteiger partial charge in [0.2, 0.25) is 5.91 Å². The Balaban J connectivity index is 1.62. The maximum Gasteiger partial charge on any atom is 0.254 e. The normalized spacial score (nSPS) is 23.8. The quantitative estimate of drug-likeness (QED) is 0.890. The molecule has 136 valence electrons. The number of amides is 2. The van der Waals surface area contributed by atoms with Gasteiger partial charge >= 0.3 is 0 Å². The minimum absolute atomic E-state index is 0.0104. The molecule has 0 spiro atoms. The van der Waals surface area contributed by atoms with Crippen molar-refractivity contribution in [2.24, 2.45) is 0 Å². The molecule has 2 fully saturated rings. The molecule has 2 amide bonds. The largest absolute Gasteiger partial charge is 0.356 e. The number of hydrogen-bond acceptors (Lipinski definition) is 3. The molecule has 2 heterocycles. The first kappa shape index (κ1) is 17.9. The second-order valence-corrected chi connectivity index (χ2v) is 7.33. The molecular weight excluding hydrogens is 314 g/mol. The van der Waals surface area contributed by atoms with Crippen LogP contribution in [-0.2, 0) is 11.2 Å². The lowest BCUT2D eigenvalue weighted by molar-refractivity contribution is -0.118. The summed E-state index contributed by atoms with van der Waals surface area (Å²) in [5, 5.41) is 2.80. The Labute approximate surface area is 150 Å². The number of nitrogens with zero attached hydrogens (tertiary/aromatic N) is 2. The van der Waals surface area contributed by atoms with Crippen LogP contribution < -0.4 is 5.32 Å². The molecule has 1 N–H and O–H groups in total. The zero-order chi connectivity index (χ0) is 17.8. The molecule has 0 radical (unpaired) electrons. The lowest BCUT2D eigenvalue weighted by atomic mass is 10.0. The van der Waals surface area contributed by atoms with E-state index in [-0.39, 0.29) is 11.8 Å². The fraction of sp³-hybridized carbons (Fsp3) is 0.600. The van der Waals surface area contributed by atoms with Crippen LogP contribution in [0.1, 0.15) is 48.5 Å². The first-order valence-corrected chi connectivity index (χ1v) is 9.41. The first-order valence-electron chi connectivity index (χ1n) is 9.41. The Morgan fingerprint density at radius 2 is 1.76 bits per heavy atom. The van der Waals surface area contributed by atoms with Crippen LogP contribution in [-0.4, -0.2) is 60.4 Å². The van der Waals surface area contributed by atoms with Crippen molar-refractivity contribution in [3.05, 3.63) is 35.4 Å². The van der Waals surface area contributed by atoms with Crippen molar-refractivity contribution in [3.63, 3.8) is 0 Å². The molecule has 0 saturated carbocycles. The van der Waals surface area contributed by atoms with Gasteiger partial charge in [-0.05, 0) is 63.4 Å². The summed E-state index contributed by atoms with van der Waals surface area (Å²) in [5.74, 6) is 0.153. The van der Waals surface area contributed by atoms with Gasteiger partial charge in [-0.15, -0.1) is 0 Å². The Hall–Kier alpha value is -1.88. The van der Waals surface area contributed by atoms with E-state index in [2.05, 4.69) is 22.2 Å². The van der Waals surface area contributed by atoms with E-state index in [0.29, 0.717) is 18.6 Å². The summed E-state index contributed by atoms with van der Waals surface area (Å²) >= 11 is 0. The van der Waals surface area contributed by atoms with Crippen LogP contribution in [0.5, 0.6) is 0 Å². The number of benzene rings is 1. The number of likely N-dealkylation sites (N-methyl/N-ethyl adjacent to an activating group) is 1. The van der Waals surface area contributed by atoms with E-state index in [0.717, 1.165) is 43.5 Å². The van der Waals surface area contributed by atoms with Gasteiger partial charge in [0.25, 0.3) is 5.91 Å². The minimum atomic E-state index is -0.0104.